The van der Waals surface area contributed by atoms with Crippen molar-refractivity contribution in [3.05, 3.63) is 17.3 Å². The molecule has 0 spiro atoms. The molecule has 1 amide bonds. The van der Waals surface area contributed by atoms with E-state index in [0.717, 1.165) is 19.4 Å². The fourth-order valence-electron chi connectivity index (χ4n) is 3.08. The van der Waals surface area contributed by atoms with Gasteiger partial charge in [-0.3, -0.25) is 4.79 Å². The van der Waals surface area contributed by atoms with E-state index in [2.05, 4.69) is 10.3 Å². The Hall–Kier alpha value is -1.40. The molecule has 0 radical (unpaired) electrons. The second-order valence-corrected chi connectivity index (χ2v) is 5.37. The van der Waals surface area contributed by atoms with E-state index in [0.29, 0.717) is 17.5 Å². The van der Waals surface area contributed by atoms with Crippen molar-refractivity contribution in [3.63, 3.8) is 0 Å². The molecule has 6 nitrogen and oxygen atoms in total. The smallest absolute Gasteiger partial charge is 0.289 e. The van der Waals surface area contributed by atoms with Crippen LogP contribution in [0.4, 0.5) is 0 Å². The third-order valence-corrected chi connectivity index (χ3v) is 4.08. The average molecular weight is 265 g/mol. The second kappa shape index (κ2) is 4.61. The summed E-state index contributed by atoms with van der Waals surface area (Å²) in [5, 5.41) is 2.91. The number of aryl methyl sites for hydroxylation is 2. The summed E-state index contributed by atoms with van der Waals surface area (Å²) < 4.78 is 11.0. The monoisotopic (exact) mass is 265 g/mol. The van der Waals surface area contributed by atoms with E-state index in [1.54, 1.807) is 13.8 Å². The van der Waals surface area contributed by atoms with Crippen LogP contribution < -0.4 is 11.1 Å². The van der Waals surface area contributed by atoms with Gasteiger partial charge in [-0.2, -0.15) is 0 Å². The fourth-order valence-corrected chi connectivity index (χ4v) is 3.08. The van der Waals surface area contributed by atoms with Crippen molar-refractivity contribution in [1.29, 1.82) is 0 Å². The predicted octanol–water partition coefficient (Wildman–Crippen LogP) is 0.526. The quantitative estimate of drug-likeness (QED) is 0.814. The number of nitrogens with two attached hydrogens (primary N) is 1. The summed E-state index contributed by atoms with van der Waals surface area (Å²) in [6, 6.07) is -0.152. The summed E-state index contributed by atoms with van der Waals surface area (Å²) in [6.07, 6.45) is 2.19. The van der Waals surface area contributed by atoms with Gasteiger partial charge >= 0.3 is 0 Å². The maximum atomic E-state index is 12.1. The van der Waals surface area contributed by atoms with Gasteiger partial charge in [-0.25, -0.2) is 4.98 Å². The standard InChI is InChI=1S/C13H19N3O3/c1-6-11(19-7(2)15-6)13(17)16-10-9(14)8-4-3-5-18-12(8)10/h8-10,12H,3-5,14H2,1-2H3,(H,16,17). The topological polar surface area (TPSA) is 90.4 Å². The lowest BCUT2D eigenvalue weighted by Gasteiger charge is -2.52. The Kier molecular flexibility index (Phi) is 3.06. The number of oxazole rings is 1. The van der Waals surface area contributed by atoms with E-state index < -0.39 is 0 Å². The lowest BCUT2D eigenvalue weighted by atomic mass is 9.68. The Balaban J connectivity index is 1.68. The molecular weight excluding hydrogens is 246 g/mol. The number of amides is 1. The number of nitrogens with zero attached hydrogens (tertiary/aromatic N) is 1. The molecule has 2 heterocycles. The van der Waals surface area contributed by atoms with E-state index in [9.17, 15) is 4.79 Å². The number of fused-ring (bicyclic) bond motifs is 1. The predicted molar refractivity (Wildman–Crippen MR) is 67.7 cm³/mol. The highest BCUT2D eigenvalue weighted by Crippen LogP contribution is 2.37. The molecule has 1 saturated carbocycles. The van der Waals surface area contributed by atoms with Gasteiger partial charge < -0.3 is 20.2 Å². The van der Waals surface area contributed by atoms with Crippen molar-refractivity contribution in [2.24, 2.45) is 11.7 Å². The molecule has 0 bridgehead atoms. The number of carbonyl (C=O) groups excluding carboxylic acids is 1. The van der Waals surface area contributed by atoms with E-state index in [1.165, 1.54) is 0 Å². The molecular formula is C13H19N3O3. The molecule has 3 N–H and O–H groups in total. The van der Waals surface area contributed by atoms with Crippen LogP contribution >= 0.6 is 0 Å². The van der Waals surface area contributed by atoms with Gasteiger partial charge in [0.25, 0.3) is 5.91 Å². The number of carbonyl (C=O) groups is 1. The molecule has 104 valence electrons. The summed E-state index contributed by atoms with van der Waals surface area (Å²) in [5.41, 5.74) is 6.71. The Morgan fingerprint density at radius 3 is 2.95 bits per heavy atom. The van der Waals surface area contributed by atoms with Crippen molar-refractivity contribution in [2.75, 3.05) is 6.61 Å². The van der Waals surface area contributed by atoms with Crippen molar-refractivity contribution in [2.45, 2.75) is 44.9 Å². The molecule has 1 aliphatic carbocycles. The third kappa shape index (κ3) is 2.04. The second-order valence-electron chi connectivity index (χ2n) is 5.37. The van der Waals surface area contributed by atoms with Crippen LogP contribution in [0.2, 0.25) is 0 Å². The first-order valence-corrected chi connectivity index (χ1v) is 6.70. The molecule has 0 aromatic carbocycles. The summed E-state index contributed by atoms with van der Waals surface area (Å²) in [4.78, 5) is 16.2. The Morgan fingerprint density at radius 1 is 1.47 bits per heavy atom. The van der Waals surface area contributed by atoms with Crippen LogP contribution in [0.3, 0.4) is 0 Å². The number of nitrogens with one attached hydrogen (secondary N) is 1. The molecule has 4 atom stereocenters. The highest BCUT2D eigenvalue weighted by Gasteiger charge is 2.51. The zero-order valence-electron chi connectivity index (χ0n) is 11.2. The molecule has 1 saturated heterocycles. The van der Waals surface area contributed by atoms with Gasteiger partial charge in [0, 0.05) is 25.5 Å². The molecule has 4 unspecified atom stereocenters. The molecule has 2 aliphatic rings. The van der Waals surface area contributed by atoms with Crippen LogP contribution in [-0.4, -0.2) is 35.7 Å². The van der Waals surface area contributed by atoms with Crippen LogP contribution in [0.1, 0.15) is 35.0 Å². The minimum absolute atomic E-state index is 0.0291. The van der Waals surface area contributed by atoms with E-state index in [4.69, 9.17) is 14.9 Å². The Morgan fingerprint density at radius 2 is 2.26 bits per heavy atom. The molecule has 6 heteroatoms. The number of ether oxygens (including phenoxy) is 1. The first kappa shape index (κ1) is 12.6. The highest BCUT2D eigenvalue weighted by atomic mass is 16.5. The highest BCUT2D eigenvalue weighted by molar-refractivity contribution is 5.92. The van der Waals surface area contributed by atoms with Gasteiger partial charge in [0.15, 0.2) is 5.89 Å². The number of aromatic nitrogens is 1. The largest absolute Gasteiger partial charge is 0.436 e. The zero-order valence-corrected chi connectivity index (χ0v) is 11.2. The number of hydrogen-bond donors (Lipinski definition) is 2. The number of rotatable bonds is 2. The van der Waals surface area contributed by atoms with Crippen molar-refractivity contribution >= 4 is 5.91 Å². The first-order chi connectivity index (χ1) is 9.08. The zero-order chi connectivity index (χ0) is 13.6. The minimum Gasteiger partial charge on any atom is -0.436 e. The summed E-state index contributed by atoms with van der Waals surface area (Å²) in [5.74, 6) is 0.874. The van der Waals surface area contributed by atoms with Crippen LogP contribution in [0, 0.1) is 19.8 Å². The van der Waals surface area contributed by atoms with Crippen LogP contribution in [0.25, 0.3) is 0 Å². The molecule has 19 heavy (non-hydrogen) atoms. The van der Waals surface area contributed by atoms with Crippen LogP contribution in [-0.2, 0) is 4.74 Å². The normalized spacial score (nSPS) is 33.4. The SMILES string of the molecule is Cc1nc(C)c(C(=O)NC2C(N)C3CCCOC32)o1. The molecule has 2 fully saturated rings. The van der Waals surface area contributed by atoms with E-state index in [1.807, 2.05) is 0 Å². The summed E-state index contributed by atoms with van der Waals surface area (Å²) in [6.45, 7) is 4.23. The Bertz CT molecular complexity index is 499. The van der Waals surface area contributed by atoms with Gasteiger partial charge in [0.05, 0.1) is 17.8 Å². The Labute approximate surface area is 111 Å². The first-order valence-electron chi connectivity index (χ1n) is 6.70. The maximum Gasteiger partial charge on any atom is 0.289 e. The molecule has 3 rings (SSSR count). The maximum absolute atomic E-state index is 12.1. The van der Waals surface area contributed by atoms with Gasteiger partial charge in [-0.15, -0.1) is 0 Å². The van der Waals surface area contributed by atoms with E-state index in [-0.39, 0.29) is 29.9 Å². The summed E-state index contributed by atoms with van der Waals surface area (Å²) >= 11 is 0. The lowest BCUT2D eigenvalue weighted by molar-refractivity contribution is -0.117. The molecule has 1 aromatic heterocycles. The summed E-state index contributed by atoms with van der Waals surface area (Å²) in [7, 11) is 0. The molecule has 1 aliphatic heterocycles. The molecule has 1 aromatic rings. The third-order valence-electron chi connectivity index (χ3n) is 4.08. The van der Waals surface area contributed by atoms with Gasteiger partial charge in [0.2, 0.25) is 5.76 Å². The number of hydrogen-bond acceptors (Lipinski definition) is 5. The average Bonchev–Trinajstić information content (AvgIpc) is 2.74. The van der Waals surface area contributed by atoms with E-state index >= 15 is 0 Å². The van der Waals surface area contributed by atoms with Crippen LogP contribution in [0.15, 0.2) is 4.42 Å². The minimum atomic E-state index is -0.258. The fraction of sp³-hybridized carbons (Fsp3) is 0.692. The van der Waals surface area contributed by atoms with Gasteiger partial charge in [-0.05, 0) is 19.8 Å². The lowest BCUT2D eigenvalue weighted by Crippen LogP contribution is -2.72. The van der Waals surface area contributed by atoms with Crippen molar-refractivity contribution in [1.82, 2.24) is 10.3 Å². The van der Waals surface area contributed by atoms with Crippen molar-refractivity contribution < 1.29 is 13.9 Å². The van der Waals surface area contributed by atoms with Crippen LogP contribution in [0.5, 0.6) is 0 Å². The van der Waals surface area contributed by atoms with Crippen molar-refractivity contribution in [3.8, 4) is 0 Å². The van der Waals surface area contributed by atoms with Gasteiger partial charge in [0.1, 0.15) is 0 Å². The van der Waals surface area contributed by atoms with Gasteiger partial charge in [-0.1, -0.05) is 0 Å².